The number of ether oxygens (including phenoxy) is 1. The van der Waals surface area contributed by atoms with Crippen LogP contribution in [0.5, 0.6) is 5.75 Å². The molecule has 3 aromatic carbocycles. The van der Waals surface area contributed by atoms with Gasteiger partial charge in [-0.3, -0.25) is 14.8 Å². The topological polar surface area (TPSA) is 96.5 Å². The van der Waals surface area contributed by atoms with Crippen molar-refractivity contribution < 1.29 is 17.9 Å². The molecule has 176 valence electrons. The van der Waals surface area contributed by atoms with Crippen LogP contribution in [0, 0.1) is 13.8 Å². The molecular formula is C25H25N3O4S2. The minimum Gasteiger partial charge on any atom is -0.497 e. The third kappa shape index (κ3) is 6.90. The first-order valence-corrected chi connectivity index (χ1v) is 12.2. The van der Waals surface area contributed by atoms with Crippen LogP contribution in [-0.4, -0.2) is 26.5 Å². The van der Waals surface area contributed by atoms with E-state index in [9.17, 15) is 13.2 Å². The fourth-order valence-electron chi connectivity index (χ4n) is 2.94. The normalized spacial score (nSPS) is 11.1. The third-order valence-electron chi connectivity index (χ3n) is 4.96. The van der Waals surface area contributed by atoms with E-state index in [1.807, 2.05) is 32.0 Å². The highest BCUT2D eigenvalue weighted by Gasteiger charge is 2.14. The molecule has 3 rings (SSSR count). The van der Waals surface area contributed by atoms with E-state index in [-0.39, 0.29) is 10.0 Å². The van der Waals surface area contributed by atoms with Crippen molar-refractivity contribution in [2.75, 3.05) is 17.1 Å². The molecule has 9 heteroatoms. The van der Waals surface area contributed by atoms with Crippen molar-refractivity contribution in [3.8, 4) is 5.75 Å². The quantitative estimate of drug-likeness (QED) is 0.326. The zero-order valence-corrected chi connectivity index (χ0v) is 20.6. The van der Waals surface area contributed by atoms with Gasteiger partial charge in [-0.05, 0) is 97.4 Å². The molecule has 0 bridgehead atoms. The van der Waals surface area contributed by atoms with Crippen molar-refractivity contribution in [3.63, 3.8) is 0 Å². The molecule has 7 nitrogen and oxygen atoms in total. The lowest BCUT2D eigenvalue weighted by Crippen LogP contribution is -2.32. The van der Waals surface area contributed by atoms with Crippen molar-refractivity contribution >= 4 is 50.7 Å². The Morgan fingerprint density at radius 2 is 1.56 bits per heavy atom. The molecule has 1 amide bonds. The van der Waals surface area contributed by atoms with E-state index in [4.69, 9.17) is 17.0 Å². The van der Waals surface area contributed by atoms with Gasteiger partial charge in [-0.15, -0.1) is 0 Å². The molecule has 0 heterocycles. The molecule has 0 aromatic heterocycles. The number of methoxy groups -OCH3 is 1. The Labute approximate surface area is 204 Å². The van der Waals surface area contributed by atoms with Gasteiger partial charge in [-0.2, -0.15) is 0 Å². The van der Waals surface area contributed by atoms with Gasteiger partial charge in [0.25, 0.3) is 10.0 Å². The van der Waals surface area contributed by atoms with Crippen LogP contribution in [0.15, 0.2) is 77.7 Å². The van der Waals surface area contributed by atoms with Gasteiger partial charge in [0, 0.05) is 17.5 Å². The maximum atomic E-state index is 12.7. The Balaban J connectivity index is 1.56. The average Bonchev–Trinajstić information content (AvgIpc) is 2.80. The van der Waals surface area contributed by atoms with Crippen LogP contribution in [-0.2, 0) is 14.8 Å². The number of aryl methyl sites for hydroxylation is 2. The van der Waals surface area contributed by atoms with E-state index in [0.717, 1.165) is 22.4 Å². The molecule has 3 N–H and O–H groups in total. The highest BCUT2D eigenvalue weighted by molar-refractivity contribution is 7.92. The number of amides is 1. The minimum atomic E-state index is -3.74. The Bertz CT molecular complexity index is 1320. The number of nitrogens with one attached hydrogen (secondary N) is 3. The summed E-state index contributed by atoms with van der Waals surface area (Å²) in [5.74, 6) is 0.330. The predicted octanol–water partition coefficient (Wildman–Crippen LogP) is 4.64. The largest absolute Gasteiger partial charge is 0.497 e. The number of hydrogen-bond donors (Lipinski definition) is 3. The van der Waals surface area contributed by atoms with Gasteiger partial charge in [0.1, 0.15) is 5.75 Å². The van der Waals surface area contributed by atoms with Crippen LogP contribution >= 0.6 is 12.2 Å². The number of hydrogen-bond acceptors (Lipinski definition) is 5. The number of carbonyl (C=O) groups is 1. The number of carbonyl (C=O) groups excluding carboxylic acids is 1. The Morgan fingerprint density at radius 1 is 0.912 bits per heavy atom. The summed E-state index contributed by atoms with van der Waals surface area (Å²) in [6.07, 6.45) is 3.02. The zero-order chi connectivity index (χ0) is 24.7. The monoisotopic (exact) mass is 495 g/mol. The molecule has 0 spiro atoms. The zero-order valence-electron chi connectivity index (χ0n) is 19.0. The molecule has 0 radical (unpaired) electrons. The van der Waals surface area contributed by atoms with Crippen LogP contribution < -0.4 is 20.1 Å². The summed E-state index contributed by atoms with van der Waals surface area (Å²) in [6.45, 7) is 3.88. The van der Waals surface area contributed by atoms with Crippen LogP contribution in [0.4, 0.5) is 11.4 Å². The molecule has 0 saturated carbocycles. The number of benzene rings is 3. The summed E-state index contributed by atoms with van der Waals surface area (Å²) in [4.78, 5) is 12.2. The smallest absolute Gasteiger partial charge is 0.261 e. The molecular weight excluding hydrogens is 470 g/mol. The Kier molecular flexibility index (Phi) is 8.04. The van der Waals surface area contributed by atoms with Crippen LogP contribution in [0.25, 0.3) is 6.08 Å². The lowest BCUT2D eigenvalue weighted by atomic mass is 10.1. The fourth-order valence-corrected chi connectivity index (χ4v) is 4.21. The molecule has 0 fully saturated rings. The van der Waals surface area contributed by atoms with E-state index in [1.54, 1.807) is 49.6 Å². The third-order valence-corrected chi connectivity index (χ3v) is 6.56. The number of rotatable bonds is 7. The van der Waals surface area contributed by atoms with E-state index in [2.05, 4.69) is 15.4 Å². The van der Waals surface area contributed by atoms with Gasteiger partial charge in [-0.1, -0.05) is 18.2 Å². The maximum absolute atomic E-state index is 12.7. The fraction of sp³-hybridized carbons (Fsp3) is 0.120. The Morgan fingerprint density at radius 3 is 2.18 bits per heavy atom. The molecule has 34 heavy (non-hydrogen) atoms. The second kappa shape index (κ2) is 11.0. The van der Waals surface area contributed by atoms with E-state index in [0.29, 0.717) is 11.4 Å². The van der Waals surface area contributed by atoms with Crippen LogP contribution in [0.3, 0.4) is 0 Å². The summed E-state index contributed by atoms with van der Waals surface area (Å²) in [6, 6.07) is 18.7. The molecule has 0 unspecified atom stereocenters. The standard InChI is InChI=1S/C25H25N3O4S2/c1-17-4-8-21(16-18(17)2)28-34(30,31)23-13-9-20(10-14-23)26-25(33)27-24(29)15-7-19-5-11-22(32-3)12-6-19/h4-16,28H,1-3H3,(H2,26,27,29,33)/b15-7+. The van der Waals surface area contributed by atoms with Crippen molar-refractivity contribution in [2.45, 2.75) is 18.7 Å². The highest BCUT2D eigenvalue weighted by atomic mass is 32.2. The molecule has 0 atom stereocenters. The van der Waals surface area contributed by atoms with Gasteiger partial charge in [-0.25, -0.2) is 8.42 Å². The first-order chi connectivity index (χ1) is 16.2. The van der Waals surface area contributed by atoms with Gasteiger partial charge >= 0.3 is 0 Å². The van der Waals surface area contributed by atoms with Gasteiger partial charge in [0.15, 0.2) is 5.11 Å². The van der Waals surface area contributed by atoms with E-state index >= 15 is 0 Å². The van der Waals surface area contributed by atoms with E-state index in [1.165, 1.54) is 18.2 Å². The van der Waals surface area contributed by atoms with Gasteiger partial charge in [0.05, 0.1) is 12.0 Å². The first kappa shape index (κ1) is 24.9. The summed E-state index contributed by atoms with van der Waals surface area (Å²) in [5, 5.41) is 5.50. The van der Waals surface area contributed by atoms with Crippen LogP contribution in [0.1, 0.15) is 16.7 Å². The maximum Gasteiger partial charge on any atom is 0.261 e. The second-order valence-electron chi connectivity index (χ2n) is 7.48. The molecule has 0 aliphatic rings. The number of anilines is 2. The lowest BCUT2D eigenvalue weighted by Gasteiger charge is -2.11. The summed E-state index contributed by atoms with van der Waals surface area (Å²) < 4.78 is 33.0. The molecule has 0 saturated heterocycles. The second-order valence-corrected chi connectivity index (χ2v) is 9.57. The molecule has 0 aliphatic heterocycles. The van der Waals surface area contributed by atoms with Gasteiger partial charge in [0.2, 0.25) is 5.91 Å². The van der Waals surface area contributed by atoms with Crippen molar-refractivity contribution in [1.29, 1.82) is 0 Å². The van der Waals surface area contributed by atoms with Crippen molar-refractivity contribution in [2.24, 2.45) is 0 Å². The first-order valence-electron chi connectivity index (χ1n) is 10.3. The summed E-state index contributed by atoms with van der Waals surface area (Å²) in [5.41, 5.74) is 3.94. The molecule has 0 aliphatic carbocycles. The van der Waals surface area contributed by atoms with Crippen molar-refractivity contribution in [1.82, 2.24) is 5.32 Å². The lowest BCUT2D eigenvalue weighted by molar-refractivity contribution is -0.115. The summed E-state index contributed by atoms with van der Waals surface area (Å²) >= 11 is 5.17. The average molecular weight is 496 g/mol. The highest BCUT2D eigenvalue weighted by Crippen LogP contribution is 2.20. The minimum absolute atomic E-state index is 0.0910. The predicted molar refractivity (Wildman–Crippen MR) is 140 cm³/mol. The molecule has 3 aromatic rings. The van der Waals surface area contributed by atoms with Crippen LogP contribution in [0.2, 0.25) is 0 Å². The van der Waals surface area contributed by atoms with Gasteiger partial charge < -0.3 is 10.1 Å². The van der Waals surface area contributed by atoms with Crippen molar-refractivity contribution in [3.05, 3.63) is 89.5 Å². The number of sulfonamides is 1. The SMILES string of the molecule is COc1ccc(/C=C/C(=O)NC(=S)Nc2ccc(S(=O)(=O)Nc3ccc(C)c(C)c3)cc2)cc1. The van der Waals surface area contributed by atoms with E-state index < -0.39 is 15.9 Å². The summed E-state index contributed by atoms with van der Waals surface area (Å²) in [7, 11) is -2.16. The number of thiocarbonyl (C=S) groups is 1. The Hall–Kier alpha value is -3.69.